The molecule has 1 atom stereocenters. The predicted molar refractivity (Wildman–Crippen MR) is 88.8 cm³/mol. The second-order valence-electron chi connectivity index (χ2n) is 5.71. The molecule has 1 fully saturated rings. The van der Waals surface area contributed by atoms with Crippen LogP contribution in [0.15, 0.2) is 35.6 Å². The van der Waals surface area contributed by atoms with E-state index in [1.165, 1.54) is 19.4 Å². The molecule has 118 valence electrons. The highest BCUT2D eigenvalue weighted by Gasteiger charge is 2.22. The van der Waals surface area contributed by atoms with Gasteiger partial charge in [-0.25, -0.2) is 9.51 Å². The molecule has 0 amide bonds. The van der Waals surface area contributed by atoms with Crippen LogP contribution in [0.25, 0.3) is 5.52 Å². The van der Waals surface area contributed by atoms with Crippen LogP contribution in [0.2, 0.25) is 0 Å². The van der Waals surface area contributed by atoms with Crippen molar-refractivity contribution in [1.29, 1.82) is 0 Å². The third-order valence-electron chi connectivity index (χ3n) is 4.35. The maximum atomic E-state index is 5.99. The Morgan fingerprint density at radius 1 is 1.50 bits per heavy atom. The second kappa shape index (κ2) is 6.79. The van der Waals surface area contributed by atoms with Gasteiger partial charge < -0.3 is 11.1 Å². The van der Waals surface area contributed by atoms with E-state index in [-0.39, 0.29) is 0 Å². The monoisotopic (exact) mass is 300 g/mol. The van der Waals surface area contributed by atoms with Crippen molar-refractivity contribution < 1.29 is 0 Å². The molecule has 1 unspecified atom stereocenters. The van der Waals surface area contributed by atoms with Crippen LogP contribution in [0, 0.1) is 0 Å². The summed E-state index contributed by atoms with van der Waals surface area (Å²) >= 11 is 0. The fraction of sp³-hybridized carbons (Fsp3) is 0.500. The van der Waals surface area contributed by atoms with Crippen molar-refractivity contribution in [3.63, 3.8) is 0 Å². The lowest BCUT2D eigenvalue weighted by molar-refractivity contribution is 0.267. The zero-order chi connectivity index (χ0) is 15.4. The molecule has 1 aliphatic heterocycles. The number of fused-ring (bicyclic) bond motifs is 1. The molecule has 22 heavy (non-hydrogen) atoms. The molecular weight excluding hydrogens is 276 g/mol. The van der Waals surface area contributed by atoms with Gasteiger partial charge in [0.05, 0.1) is 18.3 Å². The molecule has 0 saturated carbocycles. The van der Waals surface area contributed by atoms with E-state index >= 15 is 0 Å². The Kier molecular flexibility index (Phi) is 4.58. The molecular formula is C16H24N6. The number of aliphatic imine (C=N–C) groups is 1. The maximum absolute atomic E-state index is 5.99. The number of aromatic nitrogens is 2. The van der Waals surface area contributed by atoms with Gasteiger partial charge in [-0.3, -0.25) is 4.90 Å². The third kappa shape index (κ3) is 3.22. The number of nitrogens with zero attached hydrogens (tertiary/aromatic N) is 4. The smallest absolute Gasteiger partial charge is 0.188 e. The van der Waals surface area contributed by atoms with Crippen LogP contribution in [0.3, 0.4) is 0 Å². The summed E-state index contributed by atoms with van der Waals surface area (Å²) in [6.07, 6.45) is 6.30. The SMILES string of the molecule is CCN1CCCC1CNC(N)=NCc1cnn2ccccc12. The summed E-state index contributed by atoms with van der Waals surface area (Å²) in [5.41, 5.74) is 8.15. The van der Waals surface area contributed by atoms with E-state index in [4.69, 9.17) is 5.73 Å². The van der Waals surface area contributed by atoms with E-state index in [0.29, 0.717) is 18.5 Å². The summed E-state index contributed by atoms with van der Waals surface area (Å²) in [5.74, 6) is 0.512. The molecule has 0 bridgehead atoms. The molecule has 3 rings (SSSR count). The minimum Gasteiger partial charge on any atom is -0.370 e. The van der Waals surface area contributed by atoms with Gasteiger partial charge in [-0.05, 0) is 38.1 Å². The Morgan fingerprint density at radius 2 is 2.41 bits per heavy atom. The number of hydrogen-bond acceptors (Lipinski definition) is 3. The van der Waals surface area contributed by atoms with Crippen LogP contribution in [0.5, 0.6) is 0 Å². The first-order valence-electron chi connectivity index (χ1n) is 7.97. The number of hydrogen-bond donors (Lipinski definition) is 2. The number of likely N-dealkylation sites (N-methyl/N-ethyl adjacent to an activating group) is 1. The average Bonchev–Trinajstić information content (AvgIpc) is 3.17. The van der Waals surface area contributed by atoms with E-state index in [2.05, 4.69) is 27.2 Å². The summed E-state index contributed by atoms with van der Waals surface area (Å²) in [6.45, 7) is 5.93. The summed E-state index contributed by atoms with van der Waals surface area (Å²) < 4.78 is 1.85. The van der Waals surface area contributed by atoms with Crippen LogP contribution in [-0.4, -0.2) is 46.1 Å². The van der Waals surface area contributed by atoms with E-state index in [1.54, 1.807) is 0 Å². The van der Waals surface area contributed by atoms with Crippen molar-refractivity contribution in [3.05, 3.63) is 36.2 Å². The quantitative estimate of drug-likeness (QED) is 0.643. The summed E-state index contributed by atoms with van der Waals surface area (Å²) in [4.78, 5) is 6.93. The van der Waals surface area contributed by atoms with Gasteiger partial charge in [-0.2, -0.15) is 5.10 Å². The Hall–Kier alpha value is -2.08. The number of rotatable bonds is 5. The van der Waals surface area contributed by atoms with Gasteiger partial charge >= 0.3 is 0 Å². The Labute approximate surface area is 131 Å². The number of pyridine rings is 1. The first-order chi connectivity index (χ1) is 10.8. The van der Waals surface area contributed by atoms with Gasteiger partial charge in [-0.1, -0.05) is 13.0 Å². The highest BCUT2D eigenvalue weighted by molar-refractivity contribution is 5.78. The minimum absolute atomic E-state index is 0.512. The van der Waals surface area contributed by atoms with Gasteiger partial charge in [0, 0.05) is 24.3 Å². The largest absolute Gasteiger partial charge is 0.370 e. The molecule has 6 heteroatoms. The first kappa shape index (κ1) is 14.8. The van der Waals surface area contributed by atoms with Crippen LogP contribution in [-0.2, 0) is 6.54 Å². The van der Waals surface area contributed by atoms with Gasteiger partial charge in [0.2, 0.25) is 0 Å². The van der Waals surface area contributed by atoms with E-state index in [0.717, 1.165) is 24.2 Å². The van der Waals surface area contributed by atoms with Crippen molar-refractivity contribution in [2.24, 2.45) is 10.7 Å². The van der Waals surface area contributed by atoms with Crippen molar-refractivity contribution in [3.8, 4) is 0 Å². The van der Waals surface area contributed by atoms with Gasteiger partial charge in [0.25, 0.3) is 0 Å². The van der Waals surface area contributed by atoms with Crippen LogP contribution >= 0.6 is 0 Å². The summed E-state index contributed by atoms with van der Waals surface area (Å²) in [5, 5.41) is 7.56. The Morgan fingerprint density at radius 3 is 3.27 bits per heavy atom. The van der Waals surface area contributed by atoms with Crippen molar-refractivity contribution >= 4 is 11.5 Å². The second-order valence-corrected chi connectivity index (χ2v) is 5.71. The lowest BCUT2D eigenvalue weighted by Crippen LogP contribution is -2.42. The maximum Gasteiger partial charge on any atom is 0.188 e. The topological polar surface area (TPSA) is 70.9 Å². The van der Waals surface area contributed by atoms with E-state index in [1.807, 2.05) is 35.1 Å². The highest BCUT2D eigenvalue weighted by Crippen LogP contribution is 2.15. The summed E-state index contributed by atoms with van der Waals surface area (Å²) in [7, 11) is 0. The van der Waals surface area contributed by atoms with Crippen LogP contribution < -0.4 is 11.1 Å². The van der Waals surface area contributed by atoms with Crippen LogP contribution in [0.1, 0.15) is 25.3 Å². The van der Waals surface area contributed by atoms with Gasteiger partial charge in [-0.15, -0.1) is 0 Å². The lowest BCUT2D eigenvalue weighted by Gasteiger charge is -2.23. The Balaban J connectivity index is 1.56. The molecule has 2 aromatic rings. The van der Waals surface area contributed by atoms with Crippen molar-refractivity contribution in [1.82, 2.24) is 19.8 Å². The molecule has 6 nitrogen and oxygen atoms in total. The standard InChI is InChI=1S/C16H24N6/c1-2-21-8-5-6-14(21)12-19-16(17)18-10-13-11-20-22-9-4-3-7-15(13)22/h3-4,7,9,11,14H,2,5-6,8,10,12H2,1H3,(H3,17,18,19). The van der Waals surface area contributed by atoms with Crippen molar-refractivity contribution in [2.75, 3.05) is 19.6 Å². The molecule has 0 radical (unpaired) electrons. The fourth-order valence-electron chi connectivity index (χ4n) is 3.10. The predicted octanol–water partition coefficient (Wildman–Crippen LogP) is 1.22. The van der Waals surface area contributed by atoms with Gasteiger partial charge in [0.15, 0.2) is 5.96 Å². The Bertz CT molecular complexity index is 647. The normalized spacial score (nSPS) is 19.9. The van der Waals surface area contributed by atoms with Gasteiger partial charge in [0.1, 0.15) is 0 Å². The molecule has 0 aliphatic carbocycles. The van der Waals surface area contributed by atoms with Crippen LogP contribution in [0.4, 0.5) is 0 Å². The number of guanidine groups is 1. The zero-order valence-corrected chi connectivity index (χ0v) is 13.1. The molecule has 3 heterocycles. The first-order valence-corrected chi connectivity index (χ1v) is 7.97. The van der Waals surface area contributed by atoms with E-state index in [9.17, 15) is 0 Å². The minimum atomic E-state index is 0.512. The number of nitrogens with one attached hydrogen (secondary N) is 1. The highest BCUT2D eigenvalue weighted by atomic mass is 15.2. The molecule has 1 aliphatic rings. The fourth-order valence-corrected chi connectivity index (χ4v) is 3.10. The summed E-state index contributed by atoms with van der Waals surface area (Å²) in [6, 6.07) is 6.59. The molecule has 1 saturated heterocycles. The number of nitrogens with two attached hydrogens (primary N) is 1. The molecule has 2 aromatic heterocycles. The average molecular weight is 300 g/mol. The number of likely N-dealkylation sites (tertiary alicyclic amines) is 1. The molecule has 0 aromatic carbocycles. The van der Waals surface area contributed by atoms with E-state index < -0.39 is 0 Å². The molecule has 0 spiro atoms. The molecule has 3 N–H and O–H groups in total. The van der Waals surface area contributed by atoms with Crippen molar-refractivity contribution in [2.45, 2.75) is 32.4 Å². The third-order valence-corrected chi connectivity index (χ3v) is 4.35. The zero-order valence-electron chi connectivity index (χ0n) is 13.1. The lowest BCUT2D eigenvalue weighted by atomic mass is 10.2.